The highest BCUT2D eigenvalue weighted by Crippen LogP contribution is 2.37. The highest BCUT2D eigenvalue weighted by atomic mass is 32.1. The number of hydrogen-bond donors (Lipinski definition) is 0. The minimum Gasteiger partial charge on any atom is -0.374 e. The predicted molar refractivity (Wildman–Crippen MR) is 70.0 cm³/mol. The summed E-state index contributed by atoms with van der Waals surface area (Å²) < 4.78 is 5.58. The highest BCUT2D eigenvalue weighted by molar-refractivity contribution is 7.09. The summed E-state index contributed by atoms with van der Waals surface area (Å²) >= 11 is 1.72. The van der Waals surface area contributed by atoms with E-state index in [0.29, 0.717) is 5.92 Å². The lowest BCUT2D eigenvalue weighted by atomic mass is 9.89. The van der Waals surface area contributed by atoms with Crippen LogP contribution in [0.5, 0.6) is 0 Å². The van der Waals surface area contributed by atoms with E-state index in [2.05, 4.69) is 40.0 Å². The van der Waals surface area contributed by atoms with E-state index in [1.165, 1.54) is 5.69 Å². The lowest BCUT2D eigenvalue weighted by Gasteiger charge is -2.27. The van der Waals surface area contributed by atoms with E-state index in [9.17, 15) is 0 Å². The maximum atomic E-state index is 5.58. The zero-order valence-electron chi connectivity index (χ0n) is 11.2. The normalized spacial score (nSPS) is 16.1. The molecule has 3 heteroatoms. The number of hydrogen-bond acceptors (Lipinski definition) is 3. The van der Waals surface area contributed by atoms with E-state index in [4.69, 9.17) is 9.72 Å². The molecule has 1 rings (SSSR count). The summed E-state index contributed by atoms with van der Waals surface area (Å²) in [6.07, 6.45) is 1.23. The second kappa shape index (κ2) is 5.28. The molecule has 0 aromatic carbocycles. The van der Waals surface area contributed by atoms with Crippen LogP contribution in [0, 0.1) is 5.41 Å². The molecule has 0 aliphatic heterocycles. The third-order valence-corrected chi connectivity index (χ3v) is 3.81. The molecule has 0 spiro atoms. The largest absolute Gasteiger partial charge is 0.374 e. The second-order valence-corrected chi connectivity index (χ2v) is 6.29. The molecule has 2 nitrogen and oxygen atoms in total. The van der Waals surface area contributed by atoms with Crippen molar-refractivity contribution in [2.75, 3.05) is 7.11 Å². The van der Waals surface area contributed by atoms with Gasteiger partial charge in [-0.25, -0.2) is 4.98 Å². The first-order valence-electron chi connectivity index (χ1n) is 5.88. The van der Waals surface area contributed by atoms with Crippen LogP contribution in [0.4, 0.5) is 0 Å². The molecular formula is C13H23NOS. The van der Waals surface area contributed by atoms with Gasteiger partial charge >= 0.3 is 0 Å². The molecular weight excluding hydrogens is 218 g/mol. The summed E-state index contributed by atoms with van der Waals surface area (Å²) in [5.41, 5.74) is 1.30. The van der Waals surface area contributed by atoms with Crippen LogP contribution in [0.3, 0.4) is 0 Å². The Morgan fingerprint density at radius 3 is 2.50 bits per heavy atom. The Balaban J connectivity index is 2.91. The molecule has 0 saturated heterocycles. The first-order valence-corrected chi connectivity index (χ1v) is 6.76. The van der Waals surface area contributed by atoms with E-state index >= 15 is 0 Å². The van der Waals surface area contributed by atoms with Crippen LogP contribution in [0.2, 0.25) is 0 Å². The Morgan fingerprint density at radius 1 is 1.44 bits per heavy atom. The molecule has 1 heterocycles. The fourth-order valence-corrected chi connectivity index (χ4v) is 2.94. The van der Waals surface area contributed by atoms with Crippen LogP contribution in [0.1, 0.15) is 63.8 Å². The average Bonchev–Trinajstić information content (AvgIpc) is 2.64. The Morgan fingerprint density at radius 2 is 2.06 bits per heavy atom. The monoisotopic (exact) mass is 241 g/mol. The van der Waals surface area contributed by atoms with Gasteiger partial charge in [0.25, 0.3) is 0 Å². The van der Waals surface area contributed by atoms with Crippen LogP contribution in [-0.4, -0.2) is 12.1 Å². The summed E-state index contributed by atoms with van der Waals surface area (Å²) in [6.45, 7) is 11.0. The maximum Gasteiger partial charge on any atom is 0.122 e. The summed E-state index contributed by atoms with van der Waals surface area (Å²) in [5.74, 6) is 0.544. The van der Waals surface area contributed by atoms with E-state index in [1.54, 1.807) is 18.4 Å². The van der Waals surface area contributed by atoms with E-state index in [-0.39, 0.29) is 11.5 Å². The molecule has 0 fully saturated rings. The molecule has 16 heavy (non-hydrogen) atoms. The number of nitrogens with zero attached hydrogens (tertiary/aromatic N) is 1. The summed E-state index contributed by atoms with van der Waals surface area (Å²) in [4.78, 5) is 4.71. The zero-order chi connectivity index (χ0) is 12.3. The first-order chi connectivity index (χ1) is 7.40. The van der Waals surface area contributed by atoms with Crippen molar-refractivity contribution < 1.29 is 4.74 Å². The molecule has 0 N–H and O–H groups in total. The molecule has 0 aliphatic carbocycles. The summed E-state index contributed by atoms with van der Waals surface area (Å²) in [5, 5.41) is 3.27. The fraction of sp³-hybridized carbons (Fsp3) is 0.769. The second-order valence-electron chi connectivity index (χ2n) is 5.40. The average molecular weight is 241 g/mol. The Bertz CT molecular complexity index is 327. The molecule has 1 aromatic rings. The predicted octanol–water partition coefficient (Wildman–Crippen LogP) is 4.39. The molecule has 92 valence electrons. The van der Waals surface area contributed by atoms with Crippen molar-refractivity contribution >= 4 is 11.3 Å². The van der Waals surface area contributed by atoms with E-state index in [0.717, 1.165) is 11.4 Å². The van der Waals surface area contributed by atoms with Gasteiger partial charge in [-0.3, -0.25) is 0 Å². The van der Waals surface area contributed by atoms with Crippen LogP contribution in [0.15, 0.2) is 5.38 Å². The van der Waals surface area contributed by atoms with E-state index in [1.807, 2.05) is 0 Å². The quantitative estimate of drug-likeness (QED) is 0.780. The van der Waals surface area contributed by atoms with Crippen molar-refractivity contribution in [3.05, 3.63) is 16.1 Å². The maximum absolute atomic E-state index is 5.58. The first kappa shape index (κ1) is 13.7. The zero-order valence-corrected chi connectivity index (χ0v) is 12.0. The van der Waals surface area contributed by atoms with Crippen molar-refractivity contribution in [3.8, 4) is 0 Å². The van der Waals surface area contributed by atoms with Crippen molar-refractivity contribution in [2.45, 2.75) is 53.1 Å². The van der Waals surface area contributed by atoms with Crippen molar-refractivity contribution in [1.82, 2.24) is 4.98 Å². The minimum absolute atomic E-state index is 0.0929. The number of ether oxygens (including phenoxy) is 1. The fourth-order valence-electron chi connectivity index (χ4n) is 1.68. The van der Waals surface area contributed by atoms with Gasteiger partial charge in [0.15, 0.2) is 0 Å². The van der Waals surface area contributed by atoms with Gasteiger partial charge in [-0.15, -0.1) is 11.3 Å². The SMILES string of the molecule is CCC(C)c1csc(C(OC)C(C)(C)C)n1. The van der Waals surface area contributed by atoms with Gasteiger partial charge in [-0.1, -0.05) is 34.6 Å². The molecule has 1 aromatic heterocycles. The topological polar surface area (TPSA) is 22.1 Å². The summed E-state index contributed by atoms with van der Waals surface area (Å²) in [7, 11) is 1.76. The molecule has 2 unspecified atom stereocenters. The number of aromatic nitrogens is 1. The Hall–Kier alpha value is -0.410. The third-order valence-electron chi connectivity index (χ3n) is 2.90. The van der Waals surface area contributed by atoms with Crippen molar-refractivity contribution in [1.29, 1.82) is 0 Å². The van der Waals surface area contributed by atoms with Gasteiger partial charge in [0.05, 0.1) is 5.69 Å². The molecule has 0 bridgehead atoms. The molecule has 2 atom stereocenters. The Kier molecular flexibility index (Phi) is 4.51. The van der Waals surface area contributed by atoms with Crippen LogP contribution in [-0.2, 0) is 4.74 Å². The Labute approximate surface area is 103 Å². The highest BCUT2D eigenvalue weighted by Gasteiger charge is 2.29. The van der Waals surface area contributed by atoms with Gasteiger partial charge in [0, 0.05) is 12.5 Å². The lowest BCUT2D eigenvalue weighted by Crippen LogP contribution is -2.20. The van der Waals surface area contributed by atoms with Crippen LogP contribution >= 0.6 is 11.3 Å². The van der Waals surface area contributed by atoms with Gasteiger partial charge in [0.2, 0.25) is 0 Å². The molecule has 0 saturated carbocycles. The number of methoxy groups -OCH3 is 1. The van der Waals surface area contributed by atoms with Crippen molar-refractivity contribution in [3.63, 3.8) is 0 Å². The van der Waals surface area contributed by atoms with Gasteiger partial charge < -0.3 is 4.74 Å². The van der Waals surface area contributed by atoms with E-state index < -0.39 is 0 Å². The summed E-state index contributed by atoms with van der Waals surface area (Å²) in [6, 6.07) is 0. The number of thiazole rings is 1. The van der Waals surface area contributed by atoms with Gasteiger partial charge in [0.1, 0.15) is 11.1 Å². The van der Waals surface area contributed by atoms with Crippen LogP contribution in [0.25, 0.3) is 0 Å². The third kappa shape index (κ3) is 3.05. The van der Waals surface area contributed by atoms with Gasteiger partial charge in [-0.05, 0) is 17.8 Å². The van der Waals surface area contributed by atoms with Gasteiger partial charge in [-0.2, -0.15) is 0 Å². The van der Waals surface area contributed by atoms with Crippen molar-refractivity contribution in [2.24, 2.45) is 5.41 Å². The lowest BCUT2D eigenvalue weighted by molar-refractivity contribution is 0.0149. The molecule has 0 amide bonds. The minimum atomic E-state index is 0.0929. The standard InChI is InChI=1S/C13H23NOS/c1-7-9(2)10-8-16-12(14-10)11(15-6)13(3,4)5/h8-9,11H,7H2,1-6H3. The van der Waals surface area contributed by atoms with Crippen LogP contribution < -0.4 is 0 Å². The molecule has 0 aliphatic rings. The molecule has 0 radical (unpaired) electrons. The smallest absolute Gasteiger partial charge is 0.122 e. The number of rotatable bonds is 4.